The third-order valence-electron chi connectivity index (χ3n) is 1.95. The molecule has 90 valence electrons. The summed E-state index contributed by atoms with van der Waals surface area (Å²) in [5.74, 6) is 5.82. The second kappa shape index (κ2) is 4.17. The lowest BCUT2D eigenvalue weighted by Crippen LogP contribution is -2.49. The van der Waals surface area contributed by atoms with Crippen molar-refractivity contribution in [2.24, 2.45) is 0 Å². The summed E-state index contributed by atoms with van der Waals surface area (Å²) in [5.41, 5.74) is -1.31. The van der Waals surface area contributed by atoms with Crippen LogP contribution in [-0.2, 0) is 0 Å². The molecule has 0 atom stereocenters. The molecule has 0 saturated carbocycles. The lowest BCUT2D eigenvalue weighted by Gasteiger charge is -2.22. The second-order valence-corrected chi connectivity index (χ2v) is 4.33. The number of carbonyl (C=O) groups is 1. The lowest BCUT2D eigenvalue weighted by atomic mass is 10.1. The number of nitrogen functional groups attached to an aromatic ring is 1. The molecule has 1 heterocycles. The zero-order valence-electron chi connectivity index (χ0n) is 9.32. The van der Waals surface area contributed by atoms with Crippen LogP contribution in [0.5, 0.6) is 0 Å². The molecule has 0 unspecified atom stereocenters. The Morgan fingerprint density at radius 2 is 2.19 bits per heavy atom. The van der Waals surface area contributed by atoms with Crippen molar-refractivity contribution in [3.8, 4) is 0 Å². The minimum absolute atomic E-state index is 0.218. The van der Waals surface area contributed by atoms with Crippen LogP contribution in [-0.4, -0.2) is 31.9 Å². The fourth-order valence-electron chi connectivity index (χ4n) is 0.984. The van der Waals surface area contributed by atoms with Crippen molar-refractivity contribution < 1.29 is 4.79 Å². The highest BCUT2D eigenvalue weighted by molar-refractivity contribution is 6.18. The number of rotatable bonds is 2. The zero-order valence-corrected chi connectivity index (χ0v) is 10.1. The van der Waals surface area contributed by atoms with Crippen LogP contribution in [0.15, 0.2) is 4.79 Å². The van der Waals surface area contributed by atoms with Crippen LogP contribution in [0.4, 0.5) is 4.79 Å². The van der Waals surface area contributed by atoms with E-state index in [1.807, 2.05) is 0 Å². The predicted molar refractivity (Wildman–Crippen MR) is 60.1 cm³/mol. The maximum atomic E-state index is 11.7. The summed E-state index contributed by atoms with van der Waals surface area (Å²) in [6.45, 7) is 4.99. The highest BCUT2D eigenvalue weighted by Gasteiger charge is 2.22. The quantitative estimate of drug-likeness (QED) is 0.551. The van der Waals surface area contributed by atoms with Gasteiger partial charge < -0.3 is 11.2 Å². The minimum atomic E-state index is -0.694. The first kappa shape index (κ1) is 12.6. The summed E-state index contributed by atoms with van der Waals surface area (Å²) in [6.07, 6.45) is 0. The van der Waals surface area contributed by atoms with E-state index in [0.29, 0.717) is 4.68 Å². The van der Waals surface area contributed by atoms with E-state index in [9.17, 15) is 9.59 Å². The normalized spacial score (nSPS) is 11.5. The van der Waals surface area contributed by atoms with Gasteiger partial charge in [0.2, 0.25) is 0 Å². The Morgan fingerprint density at radius 3 is 2.56 bits per heavy atom. The van der Waals surface area contributed by atoms with Gasteiger partial charge in [-0.25, -0.2) is 9.59 Å². The van der Waals surface area contributed by atoms with Crippen molar-refractivity contribution >= 4 is 17.6 Å². The summed E-state index contributed by atoms with van der Waals surface area (Å²) in [4.78, 5) is 23.1. The van der Waals surface area contributed by atoms with Crippen molar-refractivity contribution in [1.29, 1.82) is 0 Å². The summed E-state index contributed by atoms with van der Waals surface area (Å²) in [7, 11) is 0. The first-order valence-corrected chi connectivity index (χ1v) is 5.14. The number of alkyl halides is 1. The van der Waals surface area contributed by atoms with E-state index in [-0.39, 0.29) is 11.7 Å². The van der Waals surface area contributed by atoms with E-state index < -0.39 is 17.3 Å². The van der Waals surface area contributed by atoms with Crippen LogP contribution >= 0.6 is 11.6 Å². The molecule has 8 heteroatoms. The third-order valence-corrected chi connectivity index (χ3v) is 2.62. The summed E-state index contributed by atoms with van der Waals surface area (Å²) in [6, 6.07) is -0.650. The molecule has 0 saturated heterocycles. The number of aryl methyl sites for hydroxylation is 1. The minimum Gasteiger partial charge on any atom is -0.333 e. The molecule has 0 aliphatic rings. The number of amides is 1. The van der Waals surface area contributed by atoms with Crippen LogP contribution in [0.1, 0.15) is 19.7 Å². The van der Waals surface area contributed by atoms with Crippen LogP contribution in [0.2, 0.25) is 0 Å². The predicted octanol–water partition coefficient (Wildman–Crippen LogP) is -0.358. The molecule has 7 nitrogen and oxygen atoms in total. The van der Waals surface area contributed by atoms with Gasteiger partial charge in [-0.3, -0.25) is 0 Å². The van der Waals surface area contributed by atoms with Crippen LogP contribution < -0.4 is 16.8 Å². The van der Waals surface area contributed by atoms with E-state index >= 15 is 0 Å². The fourth-order valence-corrected chi connectivity index (χ4v) is 1.05. The highest BCUT2D eigenvalue weighted by Crippen LogP contribution is 2.04. The van der Waals surface area contributed by atoms with E-state index in [1.165, 1.54) is 6.92 Å². The van der Waals surface area contributed by atoms with Gasteiger partial charge in [0.15, 0.2) is 5.82 Å². The molecule has 0 radical (unpaired) electrons. The van der Waals surface area contributed by atoms with Gasteiger partial charge in [-0.2, -0.15) is 4.68 Å². The van der Waals surface area contributed by atoms with Gasteiger partial charge in [0.1, 0.15) is 0 Å². The molecule has 0 aliphatic carbocycles. The average molecular weight is 248 g/mol. The van der Waals surface area contributed by atoms with Crippen LogP contribution in [0.3, 0.4) is 0 Å². The van der Waals surface area contributed by atoms with E-state index in [0.717, 1.165) is 4.68 Å². The molecular weight excluding hydrogens is 234 g/mol. The maximum absolute atomic E-state index is 11.7. The molecule has 0 fully saturated rings. The van der Waals surface area contributed by atoms with Crippen molar-refractivity contribution in [3.63, 3.8) is 0 Å². The summed E-state index contributed by atoms with van der Waals surface area (Å²) < 4.78 is 1.47. The second-order valence-electron chi connectivity index (χ2n) is 4.06. The van der Waals surface area contributed by atoms with Crippen LogP contribution in [0.25, 0.3) is 0 Å². The van der Waals surface area contributed by atoms with Gasteiger partial charge in [-0.05, 0) is 20.8 Å². The zero-order chi connectivity index (χ0) is 12.5. The van der Waals surface area contributed by atoms with Crippen molar-refractivity contribution in [2.45, 2.75) is 26.3 Å². The number of aromatic nitrogens is 3. The van der Waals surface area contributed by atoms with Crippen molar-refractivity contribution in [1.82, 2.24) is 19.8 Å². The third kappa shape index (κ3) is 2.35. The Bertz CT molecular complexity index is 461. The molecule has 1 amide bonds. The van der Waals surface area contributed by atoms with E-state index in [2.05, 4.69) is 10.4 Å². The number of carbonyl (C=O) groups excluding carboxylic acids is 1. The molecule has 16 heavy (non-hydrogen) atoms. The first-order chi connectivity index (χ1) is 7.28. The van der Waals surface area contributed by atoms with Crippen molar-refractivity contribution in [2.75, 3.05) is 11.7 Å². The number of nitrogens with two attached hydrogens (primary N) is 1. The topological polar surface area (TPSA) is 94.9 Å². The van der Waals surface area contributed by atoms with Gasteiger partial charge in [0.05, 0.1) is 0 Å². The Hall–Kier alpha value is -1.50. The SMILES string of the molecule is Cc1nn(C(=O)NC(C)(C)CCl)c(=O)n1N. The summed E-state index contributed by atoms with van der Waals surface area (Å²) in [5, 5.41) is 6.28. The smallest absolute Gasteiger partial charge is 0.333 e. The molecule has 1 aromatic rings. The molecule has 0 aromatic carbocycles. The summed E-state index contributed by atoms with van der Waals surface area (Å²) >= 11 is 5.65. The number of nitrogens with one attached hydrogen (secondary N) is 1. The molecule has 1 aromatic heterocycles. The van der Waals surface area contributed by atoms with Gasteiger partial charge >= 0.3 is 11.7 Å². The van der Waals surface area contributed by atoms with Gasteiger partial charge in [0, 0.05) is 11.4 Å². The highest BCUT2D eigenvalue weighted by atomic mass is 35.5. The molecule has 0 bridgehead atoms. The first-order valence-electron chi connectivity index (χ1n) is 4.61. The Labute approximate surface area is 97.1 Å². The number of hydrogen-bond donors (Lipinski definition) is 2. The lowest BCUT2D eigenvalue weighted by molar-refractivity contribution is 0.230. The average Bonchev–Trinajstić information content (AvgIpc) is 2.45. The Balaban J connectivity index is 2.99. The van der Waals surface area contributed by atoms with Gasteiger partial charge in [-0.15, -0.1) is 21.4 Å². The van der Waals surface area contributed by atoms with E-state index in [4.69, 9.17) is 17.4 Å². The number of halogens is 1. The van der Waals surface area contributed by atoms with Crippen LogP contribution in [0, 0.1) is 6.92 Å². The number of hydrogen-bond acceptors (Lipinski definition) is 4. The Kier molecular flexibility index (Phi) is 3.27. The van der Waals surface area contributed by atoms with Crippen molar-refractivity contribution in [3.05, 3.63) is 16.3 Å². The fraction of sp³-hybridized carbons (Fsp3) is 0.625. The largest absolute Gasteiger partial charge is 0.373 e. The van der Waals surface area contributed by atoms with Gasteiger partial charge in [-0.1, -0.05) is 0 Å². The molecule has 1 rings (SSSR count). The maximum Gasteiger partial charge on any atom is 0.373 e. The monoisotopic (exact) mass is 247 g/mol. The molecule has 3 N–H and O–H groups in total. The molecule has 0 spiro atoms. The molecular formula is C8H14ClN5O2. The molecule has 0 aliphatic heterocycles. The van der Waals surface area contributed by atoms with E-state index in [1.54, 1.807) is 13.8 Å². The Morgan fingerprint density at radius 1 is 1.62 bits per heavy atom. The standard InChI is InChI=1S/C8H14ClN5O2/c1-5-12-14(7(16)13(5)10)6(15)11-8(2,3)4-9/h4,10H2,1-3H3,(H,11,15). The van der Waals surface area contributed by atoms with Gasteiger partial charge in [0.25, 0.3) is 0 Å². The number of nitrogens with zero attached hydrogens (tertiary/aromatic N) is 3.